The van der Waals surface area contributed by atoms with Crippen LogP contribution in [-0.4, -0.2) is 17.4 Å². The van der Waals surface area contributed by atoms with Crippen LogP contribution in [0.2, 0.25) is 10.0 Å². The number of epoxide rings is 1. The first-order chi connectivity index (χ1) is 12.4. The molecule has 26 heavy (non-hydrogen) atoms. The van der Waals surface area contributed by atoms with Crippen molar-refractivity contribution in [2.24, 2.45) is 0 Å². The molecule has 136 valence electrons. The first-order valence-electron chi connectivity index (χ1n) is 8.62. The van der Waals surface area contributed by atoms with Crippen molar-refractivity contribution in [3.63, 3.8) is 0 Å². The molecule has 0 bridgehead atoms. The molecule has 2 aromatic rings. The average Bonchev–Trinajstić information content (AvgIpc) is 3.38. The summed E-state index contributed by atoms with van der Waals surface area (Å²) < 4.78 is 21.3. The second-order valence-electron chi connectivity index (χ2n) is 7.09. The smallest absolute Gasteiger partial charge is 0.195 e. The third-order valence-corrected chi connectivity index (χ3v) is 6.02. The van der Waals surface area contributed by atoms with Crippen LogP contribution in [0.1, 0.15) is 41.6 Å². The van der Waals surface area contributed by atoms with E-state index in [4.69, 9.17) is 27.9 Å². The molecule has 6 heteroatoms. The number of rotatable bonds is 4. The minimum absolute atomic E-state index is 0.0703. The van der Waals surface area contributed by atoms with Crippen molar-refractivity contribution < 1.29 is 13.9 Å². The Kier molecular flexibility index (Phi) is 4.33. The van der Waals surface area contributed by atoms with E-state index in [-0.39, 0.29) is 12.8 Å². The van der Waals surface area contributed by atoms with Crippen molar-refractivity contribution in [1.29, 1.82) is 0 Å². The highest BCUT2D eigenvalue weighted by atomic mass is 35.5. The van der Waals surface area contributed by atoms with Gasteiger partial charge in [0.2, 0.25) is 0 Å². The van der Waals surface area contributed by atoms with Gasteiger partial charge >= 0.3 is 0 Å². The molecule has 1 aromatic carbocycles. The van der Waals surface area contributed by atoms with Gasteiger partial charge in [-0.25, -0.2) is 4.39 Å². The third kappa shape index (κ3) is 2.84. The van der Waals surface area contributed by atoms with E-state index in [9.17, 15) is 4.79 Å². The Morgan fingerprint density at radius 2 is 2.12 bits per heavy atom. The van der Waals surface area contributed by atoms with Crippen LogP contribution in [0.15, 0.2) is 30.5 Å². The van der Waals surface area contributed by atoms with Crippen LogP contribution < -0.4 is 0 Å². The van der Waals surface area contributed by atoms with Gasteiger partial charge in [-0.3, -0.25) is 9.78 Å². The van der Waals surface area contributed by atoms with Crippen LogP contribution in [0.25, 0.3) is 0 Å². The lowest BCUT2D eigenvalue weighted by atomic mass is 9.74. The third-order valence-electron chi connectivity index (χ3n) is 5.46. The van der Waals surface area contributed by atoms with Crippen LogP contribution in [0.4, 0.5) is 4.39 Å². The highest BCUT2D eigenvalue weighted by molar-refractivity contribution is 6.35. The lowest BCUT2D eigenvalue weighted by Crippen LogP contribution is -2.39. The number of pyridine rings is 1. The Balaban J connectivity index is 1.59. The molecular formula is C20H18Cl2FNO2. The summed E-state index contributed by atoms with van der Waals surface area (Å²) in [6, 6.07) is 6.77. The van der Waals surface area contributed by atoms with E-state index in [2.05, 4.69) is 4.98 Å². The Morgan fingerprint density at radius 3 is 2.81 bits per heavy atom. The van der Waals surface area contributed by atoms with Crippen molar-refractivity contribution in [2.45, 2.75) is 43.9 Å². The number of carbonyl (C=O) groups is 1. The molecule has 3 nitrogen and oxygen atoms in total. The number of nitrogens with zero attached hydrogens (tertiary/aromatic N) is 1. The average molecular weight is 394 g/mol. The number of benzene rings is 1. The van der Waals surface area contributed by atoms with Gasteiger partial charge in [-0.05, 0) is 55.5 Å². The topological polar surface area (TPSA) is 42.5 Å². The quantitative estimate of drug-likeness (QED) is 0.679. The molecule has 1 aliphatic heterocycles. The van der Waals surface area contributed by atoms with E-state index >= 15 is 4.39 Å². The number of carbonyl (C=O) groups excluding carboxylic acids is 1. The highest BCUT2D eigenvalue weighted by Gasteiger charge is 2.58. The molecule has 0 saturated carbocycles. The Morgan fingerprint density at radius 1 is 1.35 bits per heavy atom. The van der Waals surface area contributed by atoms with Crippen molar-refractivity contribution in [2.75, 3.05) is 6.61 Å². The molecule has 1 saturated heterocycles. The van der Waals surface area contributed by atoms with Crippen LogP contribution in [0.3, 0.4) is 0 Å². The molecule has 1 fully saturated rings. The number of ketones is 1. The number of alkyl halides is 1. The summed E-state index contributed by atoms with van der Waals surface area (Å²) in [5.74, 6) is -0.437. The second kappa shape index (κ2) is 6.29. The molecule has 0 radical (unpaired) electrons. The summed E-state index contributed by atoms with van der Waals surface area (Å²) in [5, 5.41) is 1.05. The van der Waals surface area contributed by atoms with Gasteiger partial charge in [-0.1, -0.05) is 29.3 Å². The van der Waals surface area contributed by atoms with Crippen LogP contribution in [-0.2, 0) is 27.2 Å². The summed E-state index contributed by atoms with van der Waals surface area (Å²) >= 11 is 12.2. The maximum absolute atomic E-state index is 15.8. The molecule has 2 unspecified atom stereocenters. The fraction of sp³-hybridized carbons (Fsp3) is 0.400. The number of aromatic nitrogens is 1. The Bertz CT molecular complexity index is 874. The van der Waals surface area contributed by atoms with Gasteiger partial charge in [0, 0.05) is 28.2 Å². The molecule has 2 heterocycles. The lowest BCUT2D eigenvalue weighted by Gasteiger charge is -2.33. The molecule has 1 spiro atoms. The number of Topliss-reactive ketones (excluding diaryl/α,β-unsaturated/α-hetero) is 1. The summed E-state index contributed by atoms with van der Waals surface area (Å²) in [5.41, 5.74) is 0.155. The second-order valence-corrected chi connectivity index (χ2v) is 7.93. The Hall–Kier alpha value is -1.49. The van der Waals surface area contributed by atoms with Gasteiger partial charge in [0.1, 0.15) is 5.60 Å². The van der Waals surface area contributed by atoms with Gasteiger partial charge in [0.05, 0.1) is 12.3 Å². The molecule has 2 aliphatic rings. The van der Waals surface area contributed by atoms with E-state index in [1.807, 2.05) is 6.92 Å². The zero-order chi connectivity index (χ0) is 18.5. The molecular weight excluding hydrogens is 376 g/mol. The maximum atomic E-state index is 15.8. The monoisotopic (exact) mass is 393 g/mol. The van der Waals surface area contributed by atoms with Gasteiger partial charge < -0.3 is 4.74 Å². The largest absolute Gasteiger partial charge is 0.363 e. The number of hydrogen-bond donors (Lipinski definition) is 0. The number of aryl methyl sites for hydroxylation is 1. The van der Waals surface area contributed by atoms with Crippen LogP contribution in [0, 0.1) is 6.92 Å². The van der Waals surface area contributed by atoms with E-state index < -0.39 is 17.1 Å². The maximum Gasteiger partial charge on any atom is 0.195 e. The lowest BCUT2D eigenvalue weighted by molar-refractivity contribution is -0.132. The van der Waals surface area contributed by atoms with Crippen molar-refractivity contribution >= 4 is 29.0 Å². The van der Waals surface area contributed by atoms with E-state index in [0.717, 1.165) is 11.1 Å². The fourth-order valence-corrected chi connectivity index (χ4v) is 4.55. The molecule has 1 aromatic heterocycles. The predicted molar refractivity (Wildman–Crippen MR) is 98.4 cm³/mol. The molecule has 4 rings (SSSR count). The predicted octanol–water partition coefficient (Wildman–Crippen LogP) is 5.08. The molecule has 1 aliphatic carbocycles. The molecule has 0 amide bonds. The normalized spacial score (nSPS) is 26.6. The number of halogens is 3. The zero-order valence-corrected chi connectivity index (χ0v) is 15.8. The van der Waals surface area contributed by atoms with Gasteiger partial charge in [0.15, 0.2) is 11.5 Å². The first kappa shape index (κ1) is 17.9. The van der Waals surface area contributed by atoms with Gasteiger partial charge in [0.25, 0.3) is 0 Å². The number of hydrogen-bond acceptors (Lipinski definition) is 3. The number of fused-ring (bicyclic) bond motifs is 2. The van der Waals surface area contributed by atoms with E-state index in [1.165, 1.54) is 0 Å². The summed E-state index contributed by atoms with van der Waals surface area (Å²) in [6.07, 6.45) is 2.66. The van der Waals surface area contributed by atoms with Crippen molar-refractivity contribution in [3.05, 3.63) is 62.9 Å². The van der Waals surface area contributed by atoms with Crippen molar-refractivity contribution in [1.82, 2.24) is 4.98 Å². The standard InChI is InChI=1S/C20H18Cl2FNO2/c1-12-9-13(21)10-16(22)14(12)4-5-17(25)20(23)7-6-19(11-26-19)18-15(20)3-2-8-24-18/h2-3,8-10H,4-7,11H2,1H3. The number of ether oxygens (including phenoxy) is 1. The Labute approximate surface area is 161 Å². The van der Waals surface area contributed by atoms with Crippen LogP contribution in [0.5, 0.6) is 0 Å². The summed E-state index contributed by atoms with van der Waals surface area (Å²) in [6.45, 7) is 2.43. The molecule has 0 N–H and O–H groups in total. The minimum Gasteiger partial charge on any atom is -0.363 e. The first-order valence-corrected chi connectivity index (χ1v) is 9.38. The van der Waals surface area contributed by atoms with Gasteiger partial charge in [-0.2, -0.15) is 0 Å². The van der Waals surface area contributed by atoms with Gasteiger partial charge in [-0.15, -0.1) is 0 Å². The SMILES string of the molecule is Cc1cc(Cl)cc(Cl)c1CCC(=O)C1(F)CCC2(CO2)c2ncccc21. The molecule has 2 atom stereocenters. The van der Waals surface area contributed by atoms with Crippen molar-refractivity contribution in [3.8, 4) is 0 Å². The highest BCUT2D eigenvalue weighted by Crippen LogP contribution is 2.53. The minimum atomic E-state index is -2.02. The summed E-state index contributed by atoms with van der Waals surface area (Å²) in [7, 11) is 0. The van der Waals surface area contributed by atoms with E-state index in [0.29, 0.717) is 40.8 Å². The van der Waals surface area contributed by atoms with E-state index in [1.54, 1.807) is 30.5 Å². The summed E-state index contributed by atoms with van der Waals surface area (Å²) in [4.78, 5) is 17.2. The zero-order valence-electron chi connectivity index (χ0n) is 14.3. The van der Waals surface area contributed by atoms with Crippen LogP contribution >= 0.6 is 23.2 Å². The fourth-order valence-electron chi connectivity index (χ4n) is 3.86.